The Morgan fingerprint density at radius 2 is 2.00 bits per heavy atom. The number of rotatable bonds is 1. The van der Waals surface area contributed by atoms with Gasteiger partial charge in [0, 0.05) is 0 Å². The van der Waals surface area contributed by atoms with Crippen molar-refractivity contribution in [2.24, 2.45) is 0 Å². The standard InChI is InChI=1S/C7H8N6/c1-5-6(2)11-12-7(10-5)13-4-8-3-9-13/h3-4H,1-2H3. The van der Waals surface area contributed by atoms with Crippen LogP contribution in [0.25, 0.3) is 5.95 Å². The highest BCUT2D eigenvalue weighted by Gasteiger charge is 2.03. The Balaban J connectivity index is 2.49. The minimum atomic E-state index is 0.445. The molecule has 0 aliphatic rings. The van der Waals surface area contributed by atoms with Gasteiger partial charge in [0.15, 0.2) is 0 Å². The van der Waals surface area contributed by atoms with Gasteiger partial charge in [-0.3, -0.25) is 0 Å². The van der Waals surface area contributed by atoms with E-state index in [2.05, 4.69) is 25.3 Å². The molecule has 0 saturated heterocycles. The summed E-state index contributed by atoms with van der Waals surface area (Å²) in [4.78, 5) is 8.00. The van der Waals surface area contributed by atoms with Crippen molar-refractivity contribution >= 4 is 0 Å². The van der Waals surface area contributed by atoms with E-state index < -0.39 is 0 Å². The van der Waals surface area contributed by atoms with Crippen LogP contribution >= 0.6 is 0 Å². The van der Waals surface area contributed by atoms with Crippen molar-refractivity contribution in [3.8, 4) is 5.95 Å². The summed E-state index contributed by atoms with van der Waals surface area (Å²) in [7, 11) is 0. The fraction of sp³-hybridized carbons (Fsp3) is 0.286. The zero-order valence-electron chi connectivity index (χ0n) is 7.34. The average Bonchev–Trinajstić information content (AvgIpc) is 2.62. The maximum absolute atomic E-state index is 4.20. The van der Waals surface area contributed by atoms with Crippen LogP contribution in [-0.2, 0) is 0 Å². The van der Waals surface area contributed by atoms with Crippen LogP contribution < -0.4 is 0 Å². The molecule has 0 fully saturated rings. The summed E-state index contributed by atoms with van der Waals surface area (Å²) in [6.07, 6.45) is 2.96. The first kappa shape index (κ1) is 7.78. The zero-order chi connectivity index (χ0) is 9.26. The minimum absolute atomic E-state index is 0.445. The van der Waals surface area contributed by atoms with E-state index in [0.717, 1.165) is 11.4 Å². The number of hydrogen-bond acceptors (Lipinski definition) is 5. The molecule has 0 bridgehead atoms. The summed E-state index contributed by atoms with van der Waals surface area (Å²) in [5, 5.41) is 11.7. The molecule has 2 aromatic heterocycles. The van der Waals surface area contributed by atoms with E-state index in [-0.39, 0.29) is 0 Å². The van der Waals surface area contributed by atoms with E-state index in [9.17, 15) is 0 Å². The molecule has 0 spiro atoms. The third kappa shape index (κ3) is 1.37. The maximum atomic E-state index is 4.20. The molecule has 2 heterocycles. The molecule has 0 aromatic carbocycles. The van der Waals surface area contributed by atoms with E-state index in [1.165, 1.54) is 17.3 Å². The fourth-order valence-corrected chi connectivity index (χ4v) is 0.854. The van der Waals surface area contributed by atoms with Crippen LogP contribution in [0.4, 0.5) is 0 Å². The second kappa shape index (κ2) is 2.89. The van der Waals surface area contributed by atoms with Gasteiger partial charge in [0.1, 0.15) is 12.7 Å². The van der Waals surface area contributed by atoms with Crippen LogP contribution in [0.2, 0.25) is 0 Å². The summed E-state index contributed by atoms with van der Waals surface area (Å²) in [6.45, 7) is 3.74. The molecule has 6 heteroatoms. The van der Waals surface area contributed by atoms with Crippen molar-refractivity contribution < 1.29 is 0 Å². The molecule has 6 nitrogen and oxygen atoms in total. The highest BCUT2D eigenvalue weighted by molar-refractivity contribution is 5.12. The molecular weight excluding hydrogens is 168 g/mol. The Morgan fingerprint density at radius 1 is 1.15 bits per heavy atom. The molecule has 0 aliphatic heterocycles. The Morgan fingerprint density at radius 3 is 2.62 bits per heavy atom. The van der Waals surface area contributed by atoms with Gasteiger partial charge >= 0.3 is 0 Å². The molecule has 13 heavy (non-hydrogen) atoms. The van der Waals surface area contributed by atoms with E-state index in [1.54, 1.807) is 0 Å². The predicted molar refractivity (Wildman–Crippen MR) is 44.2 cm³/mol. The Bertz CT molecular complexity index is 407. The number of nitrogens with zero attached hydrogens (tertiary/aromatic N) is 6. The van der Waals surface area contributed by atoms with Crippen LogP contribution in [0.5, 0.6) is 0 Å². The van der Waals surface area contributed by atoms with Crippen LogP contribution in [0.3, 0.4) is 0 Å². The topological polar surface area (TPSA) is 69.4 Å². The van der Waals surface area contributed by atoms with Gasteiger partial charge in [-0.05, 0) is 13.8 Å². The highest BCUT2D eigenvalue weighted by Crippen LogP contribution is 2.00. The van der Waals surface area contributed by atoms with E-state index >= 15 is 0 Å². The van der Waals surface area contributed by atoms with Gasteiger partial charge in [-0.1, -0.05) is 0 Å². The first-order valence-electron chi connectivity index (χ1n) is 3.80. The second-order valence-electron chi connectivity index (χ2n) is 2.62. The number of hydrogen-bond donors (Lipinski definition) is 0. The number of aromatic nitrogens is 6. The van der Waals surface area contributed by atoms with E-state index in [4.69, 9.17) is 0 Å². The summed E-state index contributed by atoms with van der Waals surface area (Å²) in [5.41, 5.74) is 1.67. The Hall–Kier alpha value is -1.85. The average molecular weight is 176 g/mol. The first-order valence-corrected chi connectivity index (χ1v) is 3.80. The van der Waals surface area contributed by atoms with Gasteiger partial charge in [-0.2, -0.15) is 14.9 Å². The van der Waals surface area contributed by atoms with Gasteiger partial charge in [-0.15, -0.1) is 5.10 Å². The SMILES string of the molecule is Cc1nnc(-n2cncn2)nc1C. The molecule has 0 aliphatic carbocycles. The van der Waals surface area contributed by atoms with Gasteiger partial charge < -0.3 is 0 Å². The largest absolute Gasteiger partial charge is 0.271 e. The van der Waals surface area contributed by atoms with Crippen molar-refractivity contribution in [1.29, 1.82) is 0 Å². The molecule has 0 saturated carbocycles. The summed E-state index contributed by atoms with van der Waals surface area (Å²) >= 11 is 0. The normalized spacial score (nSPS) is 10.3. The zero-order valence-corrected chi connectivity index (χ0v) is 7.34. The minimum Gasteiger partial charge on any atom is -0.223 e. The molecule has 2 aromatic rings. The van der Waals surface area contributed by atoms with Gasteiger partial charge in [-0.25, -0.2) is 9.97 Å². The quantitative estimate of drug-likeness (QED) is 0.615. The van der Waals surface area contributed by atoms with Crippen molar-refractivity contribution in [2.45, 2.75) is 13.8 Å². The molecule has 0 unspecified atom stereocenters. The maximum Gasteiger partial charge on any atom is 0.271 e. The van der Waals surface area contributed by atoms with Gasteiger partial charge in [0.2, 0.25) is 0 Å². The van der Waals surface area contributed by atoms with Crippen LogP contribution in [0.1, 0.15) is 11.4 Å². The lowest BCUT2D eigenvalue weighted by atomic mass is 10.4. The molecule has 0 atom stereocenters. The van der Waals surface area contributed by atoms with E-state index in [0.29, 0.717) is 5.95 Å². The lowest BCUT2D eigenvalue weighted by Gasteiger charge is -1.99. The molecule has 0 radical (unpaired) electrons. The summed E-state index contributed by atoms with van der Waals surface area (Å²) < 4.78 is 1.47. The van der Waals surface area contributed by atoms with Crippen molar-refractivity contribution in [1.82, 2.24) is 29.9 Å². The summed E-state index contributed by atoms with van der Waals surface area (Å²) in [6, 6.07) is 0. The number of aryl methyl sites for hydroxylation is 2. The summed E-state index contributed by atoms with van der Waals surface area (Å²) in [5.74, 6) is 0.445. The monoisotopic (exact) mass is 176 g/mol. The predicted octanol–water partition coefficient (Wildman–Crippen LogP) is 0.0691. The van der Waals surface area contributed by atoms with Gasteiger partial charge in [0.25, 0.3) is 5.95 Å². The second-order valence-corrected chi connectivity index (χ2v) is 2.62. The third-order valence-electron chi connectivity index (χ3n) is 1.70. The van der Waals surface area contributed by atoms with Crippen LogP contribution in [0, 0.1) is 13.8 Å². The molecule has 0 N–H and O–H groups in total. The van der Waals surface area contributed by atoms with E-state index in [1.807, 2.05) is 13.8 Å². The third-order valence-corrected chi connectivity index (χ3v) is 1.70. The molecule has 2 rings (SSSR count). The first-order chi connectivity index (χ1) is 6.27. The molecular formula is C7H8N6. The van der Waals surface area contributed by atoms with Crippen molar-refractivity contribution in [2.75, 3.05) is 0 Å². The smallest absolute Gasteiger partial charge is 0.223 e. The highest BCUT2D eigenvalue weighted by atomic mass is 15.4. The fourth-order valence-electron chi connectivity index (χ4n) is 0.854. The van der Waals surface area contributed by atoms with Crippen LogP contribution in [0.15, 0.2) is 12.7 Å². The Labute approximate surface area is 74.7 Å². The lowest BCUT2D eigenvalue weighted by molar-refractivity contribution is 0.751. The van der Waals surface area contributed by atoms with Gasteiger partial charge in [0.05, 0.1) is 11.4 Å². The Kier molecular flexibility index (Phi) is 1.73. The molecule has 66 valence electrons. The lowest BCUT2D eigenvalue weighted by Crippen LogP contribution is -2.06. The van der Waals surface area contributed by atoms with Crippen molar-refractivity contribution in [3.63, 3.8) is 0 Å². The van der Waals surface area contributed by atoms with Crippen molar-refractivity contribution in [3.05, 3.63) is 24.0 Å². The molecule has 0 amide bonds. The van der Waals surface area contributed by atoms with Crippen LogP contribution in [-0.4, -0.2) is 29.9 Å².